The molecule has 0 heterocycles. The van der Waals surface area contributed by atoms with Crippen molar-refractivity contribution in [1.29, 1.82) is 0 Å². The molecule has 1 N–H and O–H groups in total. The highest BCUT2D eigenvalue weighted by atomic mass is 16.5. The summed E-state index contributed by atoms with van der Waals surface area (Å²) in [5.74, 6) is -0.301. The van der Waals surface area contributed by atoms with Gasteiger partial charge in [-0.3, -0.25) is 0 Å². The highest BCUT2D eigenvalue weighted by molar-refractivity contribution is 5.82. The summed E-state index contributed by atoms with van der Waals surface area (Å²) in [6.45, 7) is 10.5. The maximum Gasteiger partial charge on any atom is 0.332 e. The molecule has 3 nitrogen and oxygen atoms in total. The van der Waals surface area contributed by atoms with E-state index in [4.69, 9.17) is 4.74 Å². The van der Waals surface area contributed by atoms with E-state index in [2.05, 4.69) is 45.1 Å². The molecule has 0 aliphatic rings. The first-order valence-corrected chi connectivity index (χ1v) is 7.05. The number of allylic oxidation sites excluding steroid dienone is 1. The second-order valence-electron chi connectivity index (χ2n) is 5.84. The third-order valence-corrected chi connectivity index (χ3v) is 3.03. The molecule has 0 amide bonds. The van der Waals surface area contributed by atoms with E-state index in [1.165, 1.54) is 5.56 Å². The van der Waals surface area contributed by atoms with Crippen molar-refractivity contribution in [2.24, 2.45) is 5.41 Å². The van der Waals surface area contributed by atoms with Gasteiger partial charge < -0.3 is 10.1 Å². The van der Waals surface area contributed by atoms with Gasteiger partial charge in [-0.25, -0.2) is 4.79 Å². The standard InChI is InChI=1S/C17H25NO2/c1-6-20-16(19)12-15(17(3,4)5)18-13(2)14-10-8-7-9-11-14/h7-13,18H,6H2,1-5H3/b15-12-/t13-/m1/s1. The zero-order valence-electron chi connectivity index (χ0n) is 13.1. The van der Waals surface area contributed by atoms with Crippen molar-refractivity contribution in [1.82, 2.24) is 5.32 Å². The Morgan fingerprint density at radius 3 is 2.40 bits per heavy atom. The normalized spacial score (nSPS) is 13.8. The number of carbonyl (C=O) groups is 1. The molecular weight excluding hydrogens is 250 g/mol. The van der Waals surface area contributed by atoms with Crippen molar-refractivity contribution in [2.75, 3.05) is 6.61 Å². The molecule has 1 aromatic carbocycles. The molecule has 1 aromatic rings. The lowest BCUT2D eigenvalue weighted by Gasteiger charge is -2.28. The Kier molecular flexibility index (Phi) is 5.81. The molecule has 3 heteroatoms. The fourth-order valence-electron chi connectivity index (χ4n) is 1.83. The summed E-state index contributed by atoms with van der Waals surface area (Å²) in [6, 6.07) is 10.3. The van der Waals surface area contributed by atoms with Gasteiger partial charge in [0.15, 0.2) is 0 Å². The van der Waals surface area contributed by atoms with Gasteiger partial charge in [0, 0.05) is 23.2 Å². The van der Waals surface area contributed by atoms with E-state index in [0.29, 0.717) is 6.61 Å². The van der Waals surface area contributed by atoms with Crippen LogP contribution in [-0.2, 0) is 9.53 Å². The maximum absolute atomic E-state index is 11.7. The lowest BCUT2D eigenvalue weighted by Crippen LogP contribution is -2.28. The van der Waals surface area contributed by atoms with E-state index in [9.17, 15) is 4.79 Å². The zero-order chi connectivity index (χ0) is 15.2. The Morgan fingerprint density at radius 1 is 1.30 bits per heavy atom. The fraction of sp³-hybridized carbons (Fsp3) is 0.471. The first-order valence-electron chi connectivity index (χ1n) is 7.05. The van der Waals surface area contributed by atoms with Crippen LogP contribution in [0.4, 0.5) is 0 Å². The third-order valence-electron chi connectivity index (χ3n) is 3.03. The molecule has 0 bridgehead atoms. The van der Waals surface area contributed by atoms with E-state index in [1.807, 2.05) is 25.1 Å². The van der Waals surface area contributed by atoms with E-state index in [0.717, 1.165) is 5.70 Å². The predicted octanol–water partition coefficient (Wildman–Crippen LogP) is 3.83. The quantitative estimate of drug-likeness (QED) is 0.655. The molecule has 0 aliphatic heterocycles. The van der Waals surface area contributed by atoms with Gasteiger partial charge in [-0.1, -0.05) is 51.1 Å². The summed E-state index contributed by atoms with van der Waals surface area (Å²) in [5.41, 5.74) is 1.93. The van der Waals surface area contributed by atoms with Crippen LogP contribution in [0.3, 0.4) is 0 Å². The number of benzene rings is 1. The molecule has 0 spiro atoms. The molecule has 110 valence electrons. The van der Waals surface area contributed by atoms with Crippen LogP contribution in [0.1, 0.15) is 46.2 Å². The third kappa shape index (κ3) is 5.08. The second-order valence-corrected chi connectivity index (χ2v) is 5.84. The number of nitrogens with one attached hydrogen (secondary N) is 1. The molecule has 1 atom stereocenters. The van der Waals surface area contributed by atoms with Crippen LogP contribution in [-0.4, -0.2) is 12.6 Å². The summed E-state index contributed by atoms with van der Waals surface area (Å²) in [7, 11) is 0. The van der Waals surface area contributed by atoms with Gasteiger partial charge in [-0.2, -0.15) is 0 Å². The maximum atomic E-state index is 11.7. The lowest BCUT2D eigenvalue weighted by atomic mass is 9.90. The number of hydrogen-bond donors (Lipinski definition) is 1. The van der Waals surface area contributed by atoms with Crippen molar-refractivity contribution in [3.8, 4) is 0 Å². The number of rotatable bonds is 5. The topological polar surface area (TPSA) is 38.3 Å². The second kappa shape index (κ2) is 7.13. The van der Waals surface area contributed by atoms with Crippen LogP contribution in [0.25, 0.3) is 0 Å². The van der Waals surface area contributed by atoms with Crippen molar-refractivity contribution in [3.63, 3.8) is 0 Å². The summed E-state index contributed by atoms with van der Waals surface area (Å²) in [4.78, 5) is 11.7. The SMILES string of the molecule is CCOC(=O)/C=C(\N[C@H](C)c1ccccc1)C(C)(C)C. The van der Waals surface area contributed by atoms with Gasteiger partial charge in [-0.05, 0) is 19.4 Å². The lowest BCUT2D eigenvalue weighted by molar-refractivity contribution is -0.137. The molecule has 0 unspecified atom stereocenters. The smallest absolute Gasteiger partial charge is 0.332 e. The Balaban J connectivity index is 2.89. The van der Waals surface area contributed by atoms with Crippen LogP contribution >= 0.6 is 0 Å². The van der Waals surface area contributed by atoms with Crippen LogP contribution in [0.15, 0.2) is 42.1 Å². The Labute approximate surface area is 122 Å². The predicted molar refractivity (Wildman–Crippen MR) is 82.2 cm³/mol. The highest BCUT2D eigenvalue weighted by Gasteiger charge is 2.20. The van der Waals surface area contributed by atoms with Crippen molar-refractivity contribution in [3.05, 3.63) is 47.7 Å². The van der Waals surface area contributed by atoms with E-state index >= 15 is 0 Å². The monoisotopic (exact) mass is 275 g/mol. The number of carbonyl (C=O) groups excluding carboxylic acids is 1. The van der Waals surface area contributed by atoms with Gasteiger partial charge in [0.1, 0.15) is 0 Å². The molecular formula is C17H25NO2. The summed E-state index contributed by atoms with van der Waals surface area (Å²) in [6.07, 6.45) is 1.56. The van der Waals surface area contributed by atoms with Gasteiger partial charge >= 0.3 is 5.97 Å². The van der Waals surface area contributed by atoms with Crippen LogP contribution in [0, 0.1) is 5.41 Å². The number of hydrogen-bond acceptors (Lipinski definition) is 3. The summed E-state index contributed by atoms with van der Waals surface area (Å²) in [5, 5.41) is 3.42. The highest BCUT2D eigenvalue weighted by Crippen LogP contribution is 2.26. The Morgan fingerprint density at radius 2 is 1.90 bits per heavy atom. The van der Waals surface area contributed by atoms with Gasteiger partial charge in [0.2, 0.25) is 0 Å². The minimum Gasteiger partial charge on any atom is -0.463 e. The zero-order valence-corrected chi connectivity index (χ0v) is 13.1. The average Bonchev–Trinajstić information content (AvgIpc) is 2.38. The van der Waals surface area contributed by atoms with E-state index in [1.54, 1.807) is 6.08 Å². The molecule has 0 aliphatic carbocycles. The minimum absolute atomic E-state index is 0.135. The van der Waals surface area contributed by atoms with Crippen molar-refractivity contribution in [2.45, 2.75) is 40.7 Å². The average molecular weight is 275 g/mol. The first-order chi connectivity index (χ1) is 9.34. The molecule has 0 aromatic heterocycles. The summed E-state index contributed by atoms with van der Waals surface area (Å²) >= 11 is 0. The Bertz CT molecular complexity index is 458. The van der Waals surface area contributed by atoms with Gasteiger partial charge in [-0.15, -0.1) is 0 Å². The molecule has 0 fully saturated rings. The molecule has 0 radical (unpaired) electrons. The minimum atomic E-state index is -0.301. The van der Waals surface area contributed by atoms with Gasteiger partial charge in [0.25, 0.3) is 0 Å². The number of esters is 1. The molecule has 20 heavy (non-hydrogen) atoms. The van der Waals surface area contributed by atoms with E-state index in [-0.39, 0.29) is 17.4 Å². The van der Waals surface area contributed by atoms with Gasteiger partial charge in [0.05, 0.1) is 6.61 Å². The van der Waals surface area contributed by atoms with Crippen molar-refractivity contribution >= 4 is 5.97 Å². The van der Waals surface area contributed by atoms with Crippen LogP contribution < -0.4 is 5.32 Å². The first kappa shape index (κ1) is 16.3. The summed E-state index contributed by atoms with van der Waals surface area (Å²) < 4.78 is 5.00. The number of ether oxygens (including phenoxy) is 1. The molecule has 0 saturated carbocycles. The fourth-order valence-corrected chi connectivity index (χ4v) is 1.83. The van der Waals surface area contributed by atoms with Crippen molar-refractivity contribution < 1.29 is 9.53 Å². The molecule has 1 rings (SSSR count). The Hall–Kier alpha value is -1.77. The molecule has 0 saturated heterocycles. The van der Waals surface area contributed by atoms with Crippen LogP contribution in [0.2, 0.25) is 0 Å². The van der Waals surface area contributed by atoms with E-state index < -0.39 is 0 Å². The largest absolute Gasteiger partial charge is 0.463 e. The van der Waals surface area contributed by atoms with Crippen LogP contribution in [0.5, 0.6) is 0 Å².